The van der Waals surface area contributed by atoms with Gasteiger partial charge in [0.05, 0.1) is 13.0 Å². The molecule has 112 valence electrons. The summed E-state index contributed by atoms with van der Waals surface area (Å²) in [5, 5.41) is 0. The van der Waals surface area contributed by atoms with Crippen molar-refractivity contribution >= 4 is 17.9 Å². The zero-order valence-corrected chi connectivity index (χ0v) is 13.2. The van der Waals surface area contributed by atoms with E-state index in [0.29, 0.717) is 19.6 Å². The highest BCUT2D eigenvalue weighted by Gasteiger charge is 2.12. The van der Waals surface area contributed by atoms with Gasteiger partial charge in [-0.1, -0.05) is 43.1 Å². The quantitative estimate of drug-likeness (QED) is 0.431. The molecule has 5 heteroatoms. The van der Waals surface area contributed by atoms with Crippen LogP contribution in [0.5, 0.6) is 0 Å². The zero-order valence-electron chi connectivity index (χ0n) is 12.3. The van der Waals surface area contributed by atoms with Crippen LogP contribution in [-0.2, 0) is 20.7 Å². The summed E-state index contributed by atoms with van der Waals surface area (Å²) < 4.78 is 13.9. The normalized spacial score (nSPS) is 12.2. The summed E-state index contributed by atoms with van der Waals surface area (Å²) in [7, 11) is 0. The molecule has 20 heavy (non-hydrogen) atoms. The topological polar surface area (TPSA) is 47.6 Å². The minimum Gasteiger partial charge on any atom is -0.466 e. The van der Waals surface area contributed by atoms with Gasteiger partial charge in [-0.3, -0.25) is 4.79 Å². The highest BCUT2D eigenvalue weighted by Crippen LogP contribution is 2.19. The second kappa shape index (κ2) is 9.80. The molecular weight excluding hydrogens is 274 g/mol. The molecule has 0 saturated carbocycles. The number of nitrogens with one attached hydrogen (secondary N) is 1. The van der Waals surface area contributed by atoms with Gasteiger partial charge in [0.15, 0.2) is 0 Å². The van der Waals surface area contributed by atoms with Gasteiger partial charge in [-0.15, -0.1) is 0 Å². The monoisotopic (exact) mass is 297 g/mol. The second-order valence-electron chi connectivity index (χ2n) is 4.11. The van der Waals surface area contributed by atoms with E-state index in [1.165, 1.54) is 0 Å². The minimum absolute atomic E-state index is 0.160. The van der Waals surface area contributed by atoms with Crippen molar-refractivity contribution in [2.75, 3.05) is 19.0 Å². The fraction of sp³-hybridized carbons (Fsp3) is 0.533. The third kappa shape index (κ3) is 5.94. The third-order valence-corrected chi connectivity index (χ3v) is 3.25. The Kier molecular flexibility index (Phi) is 8.34. The molecule has 0 radical (unpaired) electrons. The molecule has 0 aliphatic rings. The summed E-state index contributed by atoms with van der Waals surface area (Å²) in [5.41, 5.74) is 1.96. The van der Waals surface area contributed by atoms with Crippen molar-refractivity contribution in [2.45, 2.75) is 33.4 Å². The van der Waals surface area contributed by atoms with Gasteiger partial charge in [0.2, 0.25) is 0 Å². The van der Waals surface area contributed by atoms with Crippen molar-refractivity contribution in [1.82, 2.24) is 4.72 Å². The van der Waals surface area contributed by atoms with Crippen LogP contribution in [0.2, 0.25) is 0 Å². The number of ether oxygens (including phenoxy) is 2. The molecule has 0 heterocycles. The molecule has 0 amide bonds. The maximum absolute atomic E-state index is 11.5. The lowest BCUT2D eigenvalue weighted by Crippen LogP contribution is -2.18. The number of hydrogen-bond acceptors (Lipinski definition) is 5. The molecule has 0 saturated heterocycles. The summed E-state index contributed by atoms with van der Waals surface area (Å²) in [6.07, 6.45) is 0.133. The standard InChI is InChI=1S/C15H23NO3S/c1-4-18-14(17)11-12-8-7-9-13(10-12)15(19-5-2)16-20-6-3/h7-10,15-16H,4-6,11H2,1-3H3/t15-/m1/s1. The molecule has 1 N–H and O–H groups in total. The Balaban J connectivity index is 2.75. The van der Waals surface area contributed by atoms with Crippen LogP contribution in [0.3, 0.4) is 0 Å². The number of esters is 1. The van der Waals surface area contributed by atoms with Gasteiger partial charge in [0.25, 0.3) is 0 Å². The van der Waals surface area contributed by atoms with Crippen molar-refractivity contribution in [1.29, 1.82) is 0 Å². The van der Waals surface area contributed by atoms with E-state index in [4.69, 9.17) is 9.47 Å². The maximum atomic E-state index is 11.5. The summed E-state index contributed by atoms with van der Waals surface area (Å²) in [4.78, 5) is 11.5. The minimum atomic E-state index is -0.200. The maximum Gasteiger partial charge on any atom is 0.310 e. The molecule has 0 aliphatic heterocycles. The first-order valence-corrected chi connectivity index (χ1v) is 7.93. The lowest BCUT2D eigenvalue weighted by atomic mass is 10.1. The summed E-state index contributed by atoms with van der Waals surface area (Å²) in [5.74, 6) is 0.764. The first-order valence-electron chi connectivity index (χ1n) is 6.94. The van der Waals surface area contributed by atoms with Gasteiger partial charge in [-0.05, 0) is 25.0 Å². The highest BCUT2D eigenvalue weighted by molar-refractivity contribution is 7.97. The number of benzene rings is 1. The number of hydrogen-bond donors (Lipinski definition) is 1. The molecule has 4 nitrogen and oxygen atoms in total. The van der Waals surface area contributed by atoms with Gasteiger partial charge >= 0.3 is 5.97 Å². The highest BCUT2D eigenvalue weighted by atomic mass is 32.2. The molecule has 0 fully saturated rings. The SMILES string of the molecule is CCOC(=O)Cc1cccc([C@H](NSCC)OCC)c1. The van der Waals surface area contributed by atoms with E-state index < -0.39 is 0 Å². The fourth-order valence-corrected chi connectivity index (χ4v) is 2.29. The van der Waals surface area contributed by atoms with E-state index >= 15 is 0 Å². The molecule has 1 rings (SSSR count). The van der Waals surface area contributed by atoms with Crippen LogP contribution in [0, 0.1) is 0 Å². The van der Waals surface area contributed by atoms with Gasteiger partial charge in [-0.2, -0.15) is 0 Å². The van der Waals surface area contributed by atoms with E-state index in [1.54, 1.807) is 11.9 Å². The van der Waals surface area contributed by atoms with E-state index in [9.17, 15) is 4.79 Å². The van der Waals surface area contributed by atoms with Crippen molar-refractivity contribution in [2.24, 2.45) is 0 Å². The molecule has 1 aromatic rings. The van der Waals surface area contributed by atoms with Crippen LogP contribution in [0.1, 0.15) is 38.1 Å². The lowest BCUT2D eigenvalue weighted by Gasteiger charge is -2.18. The molecule has 1 aromatic carbocycles. The Morgan fingerprint density at radius 1 is 1.30 bits per heavy atom. The predicted octanol–water partition coefficient (Wildman–Crippen LogP) is 3.09. The third-order valence-electron chi connectivity index (χ3n) is 2.58. The molecule has 0 aromatic heterocycles. The van der Waals surface area contributed by atoms with Crippen molar-refractivity contribution in [3.63, 3.8) is 0 Å². The van der Waals surface area contributed by atoms with Crippen LogP contribution in [0.4, 0.5) is 0 Å². The Morgan fingerprint density at radius 2 is 2.10 bits per heavy atom. The molecule has 1 atom stereocenters. The van der Waals surface area contributed by atoms with E-state index in [1.807, 2.05) is 38.1 Å². The van der Waals surface area contributed by atoms with Crippen molar-refractivity contribution < 1.29 is 14.3 Å². The Morgan fingerprint density at radius 3 is 2.75 bits per heavy atom. The smallest absolute Gasteiger partial charge is 0.310 e. The fourth-order valence-electron chi connectivity index (χ4n) is 1.77. The van der Waals surface area contributed by atoms with Gasteiger partial charge < -0.3 is 9.47 Å². The van der Waals surface area contributed by atoms with Gasteiger partial charge in [0.1, 0.15) is 6.23 Å². The lowest BCUT2D eigenvalue weighted by molar-refractivity contribution is -0.142. The Hall–Kier alpha value is -1.04. The van der Waals surface area contributed by atoms with E-state index in [0.717, 1.165) is 16.9 Å². The number of rotatable bonds is 9. The van der Waals surface area contributed by atoms with Crippen LogP contribution in [0.15, 0.2) is 24.3 Å². The van der Waals surface area contributed by atoms with E-state index in [2.05, 4.69) is 11.6 Å². The number of carbonyl (C=O) groups is 1. The average molecular weight is 297 g/mol. The van der Waals surface area contributed by atoms with Crippen molar-refractivity contribution in [3.05, 3.63) is 35.4 Å². The molecule has 0 spiro atoms. The average Bonchev–Trinajstić information content (AvgIpc) is 2.44. The van der Waals surface area contributed by atoms with Crippen LogP contribution in [0.25, 0.3) is 0 Å². The first-order chi connectivity index (χ1) is 9.71. The summed E-state index contributed by atoms with van der Waals surface area (Å²) >= 11 is 1.61. The van der Waals surface area contributed by atoms with Gasteiger partial charge in [0, 0.05) is 12.4 Å². The Labute approximate surface area is 125 Å². The first kappa shape index (κ1) is 17.0. The zero-order chi connectivity index (χ0) is 14.8. The second-order valence-corrected chi connectivity index (χ2v) is 5.21. The van der Waals surface area contributed by atoms with Crippen molar-refractivity contribution in [3.8, 4) is 0 Å². The summed E-state index contributed by atoms with van der Waals surface area (Å²) in [6, 6.07) is 7.85. The predicted molar refractivity (Wildman–Crippen MR) is 82.4 cm³/mol. The summed E-state index contributed by atoms with van der Waals surface area (Å²) in [6.45, 7) is 6.90. The van der Waals surface area contributed by atoms with E-state index in [-0.39, 0.29) is 12.2 Å². The molecule has 0 unspecified atom stereocenters. The van der Waals surface area contributed by atoms with Crippen LogP contribution < -0.4 is 4.72 Å². The molecular formula is C15H23NO3S. The van der Waals surface area contributed by atoms with Crippen LogP contribution >= 0.6 is 11.9 Å². The van der Waals surface area contributed by atoms with Crippen LogP contribution in [-0.4, -0.2) is 24.9 Å². The number of carbonyl (C=O) groups excluding carboxylic acids is 1. The van der Waals surface area contributed by atoms with Gasteiger partial charge in [-0.25, -0.2) is 4.72 Å². The molecule has 0 aliphatic carbocycles. The molecule has 0 bridgehead atoms. The largest absolute Gasteiger partial charge is 0.466 e. The Bertz CT molecular complexity index is 412.